The third-order valence-electron chi connectivity index (χ3n) is 4.54. The van der Waals surface area contributed by atoms with Crippen molar-refractivity contribution in [3.63, 3.8) is 0 Å². The molecule has 0 aliphatic carbocycles. The van der Waals surface area contributed by atoms with Gasteiger partial charge in [-0.3, -0.25) is 4.79 Å². The maximum atomic E-state index is 11.7. The third-order valence-corrected chi connectivity index (χ3v) is 4.54. The Morgan fingerprint density at radius 1 is 1.19 bits per heavy atom. The molecule has 0 fully saturated rings. The zero-order valence-corrected chi connectivity index (χ0v) is 12.2. The number of anilines is 2. The molecule has 0 saturated carbocycles. The van der Waals surface area contributed by atoms with Crippen LogP contribution in [0.5, 0.6) is 5.75 Å². The van der Waals surface area contributed by atoms with Crippen LogP contribution in [-0.2, 0) is 11.2 Å². The van der Waals surface area contributed by atoms with Crippen LogP contribution in [0.2, 0.25) is 0 Å². The van der Waals surface area contributed by atoms with Crippen molar-refractivity contribution in [1.29, 1.82) is 0 Å². The molecule has 0 spiro atoms. The summed E-state index contributed by atoms with van der Waals surface area (Å²) in [4.78, 5) is 14.1. The maximum Gasteiger partial charge on any atom is 0.318 e. The number of aryl methyl sites for hydroxylation is 1. The van der Waals surface area contributed by atoms with Crippen molar-refractivity contribution in [1.82, 2.24) is 0 Å². The quantitative estimate of drug-likeness (QED) is 0.588. The van der Waals surface area contributed by atoms with E-state index in [9.17, 15) is 4.79 Å². The number of esters is 1. The number of para-hydroxylation sites is 1. The molecule has 0 amide bonds. The minimum Gasteiger partial charge on any atom is -0.426 e. The molecule has 106 valence electrons. The standard InChI is InChI=1S/C18H17NO2/c1-11-9-14-12(2)18(20)21-17(14)10-16(11)19-8-7-13-5-3-4-6-15(13)19/h3-6,9-10,12H,7-8H2,1-2H3. The van der Waals surface area contributed by atoms with E-state index in [-0.39, 0.29) is 11.9 Å². The van der Waals surface area contributed by atoms with Crippen molar-refractivity contribution >= 4 is 17.3 Å². The maximum absolute atomic E-state index is 11.7. The van der Waals surface area contributed by atoms with E-state index in [2.05, 4.69) is 42.2 Å². The molecule has 3 heteroatoms. The van der Waals surface area contributed by atoms with E-state index in [1.165, 1.54) is 16.8 Å². The zero-order chi connectivity index (χ0) is 14.6. The van der Waals surface area contributed by atoms with Crippen molar-refractivity contribution in [3.8, 4) is 5.75 Å². The van der Waals surface area contributed by atoms with Crippen LogP contribution < -0.4 is 9.64 Å². The largest absolute Gasteiger partial charge is 0.426 e. The number of rotatable bonds is 1. The van der Waals surface area contributed by atoms with Crippen LogP contribution in [0.4, 0.5) is 11.4 Å². The van der Waals surface area contributed by atoms with E-state index in [1.807, 2.05) is 13.0 Å². The molecule has 1 atom stereocenters. The first-order chi connectivity index (χ1) is 10.1. The molecule has 0 radical (unpaired) electrons. The van der Waals surface area contributed by atoms with Crippen LogP contribution in [-0.4, -0.2) is 12.5 Å². The van der Waals surface area contributed by atoms with Crippen LogP contribution >= 0.6 is 0 Å². The van der Waals surface area contributed by atoms with Crippen molar-refractivity contribution in [2.45, 2.75) is 26.2 Å². The molecule has 21 heavy (non-hydrogen) atoms. The summed E-state index contributed by atoms with van der Waals surface area (Å²) in [5.74, 6) is 0.416. The van der Waals surface area contributed by atoms with Crippen LogP contribution in [0.1, 0.15) is 29.5 Å². The van der Waals surface area contributed by atoms with Gasteiger partial charge in [-0.25, -0.2) is 0 Å². The van der Waals surface area contributed by atoms with Gasteiger partial charge in [0.15, 0.2) is 0 Å². The molecule has 2 heterocycles. The van der Waals surface area contributed by atoms with Crippen molar-refractivity contribution in [3.05, 3.63) is 53.1 Å². The second-order valence-corrected chi connectivity index (χ2v) is 5.85. The molecule has 2 aliphatic rings. The SMILES string of the molecule is Cc1cc2c(cc1N1CCc3ccccc31)OC(=O)C2C. The van der Waals surface area contributed by atoms with Crippen molar-refractivity contribution < 1.29 is 9.53 Å². The summed E-state index contributed by atoms with van der Waals surface area (Å²) < 4.78 is 5.40. The van der Waals surface area contributed by atoms with Gasteiger partial charge >= 0.3 is 5.97 Å². The molecule has 4 rings (SSSR count). The summed E-state index contributed by atoms with van der Waals surface area (Å²) in [7, 11) is 0. The molecule has 2 aromatic carbocycles. The van der Waals surface area contributed by atoms with Gasteiger partial charge in [-0.2, -0.15) is 0 Å². The Bertz CT molecular complexity index is 751. The summed E-state index contributed by atoms with van der Waals surface area (Å²) >= 11 is 0. The summed E-state index contributed by atoms with van der Waals surface area (Å²) in [5, 5.41) is 0. The van der Waals surface area contributed by atoms with E-state index in [0.717, 1.165) is 30.0 Å². The molecule has 3 nitrogen and oxygen atoms in total. The molecular formula is C18H17NO2. The molecular weight excluding hydrogens is 262 g/mol. The number of benzene rings is 2. The number of hydrogen-bond acceptors (Lipinski definition) is 3. The number of carbonyl (C=O) groups is 1. The lowest BCUT2D eigenvalue weighted by Crippen LogP contribution is -2.14. The Hall–Kier alpha value is -2.29. The van der Waals surface area contributed by atoms with Gasteiger partial charge in [0.05, 0.1) is 5.92 Å². The fourth-order valence-corrected chi connectivity index (χ4v) is 3.33. The number of fused-ring (bicyclic) bond motifs is 2. The van der Waals surface area contributed by atoms with Gasteiger partial charge in [0.2, 0.25) is 0 Å². The average molecular weight is 279 g/mol. The Kier molecular flexibility index (Phi) is 2.58. The summed E-state index contributed by atoms with van der Waals surface area (Å²) in [6.45, 7) is 4.98. The summed E-state index contributed by atoms with van der Waals surface area (Å²) in [5.41, 5.74) is 5.98. The van der Waals surface area contributed by atoms with Gasteiger partial charge in [-0.1, -0.05) is 18.2 Å². The molecule has 2 aromatic rings. The molecule has 1 unspecified atom stereocenters. The first kappa shape index (κ1) is 12.5. The second kappa shape index (κ2) is 4.35. The fraction of sp³-hybridized carbons (Fsp3) is 0.278. The first-order valence-electron chi connectivity index (χ1n) is 7.37. The zero-order valence-electron chi connectivity index (χ0n) is 12.2. The van der Waals surface area contributed by atoms with Gasteiger partial charge in [0, 0.05) is 29.5 Å². The number of nitrogens with zero attached hydrogens (tertiary/aromatic N) is 1. The lowest BCUT2D eigenvalue weighted by atomic mass is 9.99. The smallest absolute Gasteiger partial charge is 0.318 e. The van der Waals surface area contributed by atoms with Crippen molar-refractivity contribution in [2.75, 3.05) is 11.4 Å². The molecule has 0 aromatic heterocycles. The third kappa shape index (κ3) is 1.77. The van der Waals surface area contributed by atoms with Crippen molar-refractivity contribution in [2.24, 2.45) is 0 Å². The number of ether oxygens (including phenoxy) is 1. The average Bonchev–Trinajstić information content (AvgIpc) is 3.02. The Morgan fingerprint density at radius 3 is 2.86 bits per heavy atom. The lowest BCUT2D eigenvalue weighted by molar-refractivity contribution is -0.133. The monoisotopic (exact) mass is 279 g/mol. The predicted molar refractivity (Wildman–Crippen MR) is 82.4 cm³/mol. The minimum absolute atomic E-state index is 0.150. The van der Waals surface area contributed by atoms with Gasteiger partial charge in [-0.05, 0) is 43.5 Å². The molecule has 0 bridgehead atoms. The van der Waals surface area contributed by atoms with Gasteiger partial charge in [0.1, 0.15) is 5.75 Å². The highest BCUT2D eigenvalue weighted by molar-refractivity contribution is 5.87. The Labute approximate surface area is 124 Å². The van der Waals surface area contributed by atoms with Crippen LogP contribution in [0.15, 0.2) is 36.4 Å². The summed E-state index contributed by atoms with van der Waals surface area (Å²) in [6.07, 6.45) is 1.06. The van der Waals surface area contributed by atoms with E-state index in [4.69, 9.17) is 4.74 Å². The van der Waals surface area contributed by atoms with Gasteiger partial charge in [-0.15, -0.1) is 0 Å². The van der Waals surface area contributed by atoms with E-state index in [1.54, 1.807) is 0 Å². The predicted octanol–water partition coefficient (Wildman–Crippen LogP) is 3.71. The van der Waals surface area contributed by atoms with E-state index >= 15 is 0 Å². The minimum atomic E-state index is -0.154. The molecule has 0 N–H and O–H groups in total. The highest BCUT2D eigenvalue weighted by atomic mass is 16.5. The van der Waals surface area contributed by atoms with Crippen LogP contribution in [0, 0.1) is 6.92 Å². The summed E-state index contributed by atoms with van der Waals surface area (Å²) in [6, 6.07) is 12.6. The topological polar surface area (TPSA) is 29.5 Å². The van der Waals surface area contributed by atoms with Gasteiger partial charge < -0.3 is 9.64 Å². The van der Waals surface area contributed by atoms with E-state index in [0.29, 0.717) is 0 Å². The highest BCUT2D eigenvalue weighted by Crippen LogP contribution is 2.43. The number of hydrogen-bond donors (Lipinski definition) is 0. The Balaban J connectivity index is 1.82. The lowest BCUT2D eigenvalue weighted by Gasteiger charge is -2.22. The van der Waals surface area contributed by atoms with Crippen LogP contribution in [0.25, 0.3) is 0 Å². The highest BCUT2D eigenvalue weighted by Gasteiger charge is 2.31. The molecule has 0 saturated heterocycles. The molecule has 2 aliphatic heterocycles. The number of carbonyl (C=O) groups excluding carboxylic acids is 1. The van der Waals surface area contributed by atoms with E-state index < -0.39 is 0 Å². The fourth-order valence-electron chi connectivity index (χ4n) is 3.33. The van der Waals surface area contributed by atoms with Gasteiger partial charge in [0.25, 0.3) is 0 Å². The normalized spacial score (nSPS) is 19.4. The first-order valence-corrected chi connectivity index (χ1v) is 7.37. The second-order valence-electron chi connectivity index (χ2n) is 5.85. The van der Waals surface area contributed by atoms with Crippen LogP contribution in [0.3, 0.4) is 0 Å². The Morgan fingerprint density at radius 2 is 2.00 bits per heavy atom.